The zero-order valence-corrected chi connectivity index (χ0v) is 16.8. The van der Waals surface area contributed by atoms with Crippen LogP contribution in [-0.4, -0.2) is 44.9 Å². The average molecular weight is 401 g/mol. The number of ether oxygens (including phenoxy) is 1. The fraction of sp³-hybridized carbons (Fsp3) is 0.286. The van der Waals surface area contributed by atoms with E-state index in [4.69, 9.17) is 4.74 Å². The fourth-order valence-electron chi connectivity index (χ4n) is 3.09. The lowest BCUT2D eigenvalue weighted by molar-refractivity contribution is -0.111. The molecule has 1 saturated heterocycles. The van der Waals surface area contributed by atoms with Crippen molar-refractivity contribution in [1.82, 2.24) is 4.31 Å². The predicted octanol–water partition coefficient (Wildman–Crippen LogP) is 2.98. The summed E-state index contributed by atoms with van der Waals surface area (Å²) in [6.45, 7) is 5.51. The first-order chi connectivity index (χ1) is 13.3. The molecule has 148 valence electrons. The molecular formula is C21H24N2O4S. The molecule has 2 aromatic rings. The molecule has 1 heterocycles. The lowest BCUT2D eigenvalue weighted by atomic mass is 10.1. The Bertz CT molecular complexity index is 956. The number of rotatable bonds is 5. The molecule has 0 aromatic heterocycles. The van der Waals surface area contributed by atoms with Crippen molar-refractivity contribution in [3.05, 3.63) is 65.2 Å². The standard InChI is InChI=1S/C21H24N2O4S/c1-16-13-17(2)15-19(14-16)22-21(24)8-5-18-3-6-20(7-4-18)28(25,26)23-9-11-27-12-10-23/h3-8,13-15H,9-12H2,1-2H3,(H,22,24)/b8-5+. The number of hydrogen-bond donors (Lipinski definition) is 1. The van der Waals surface area contributed by atoms with Crippen molar-refractivity contribution in [2.75, 3.05) is 31.6 Å². The van der Waals surface area contributed by atoms with E-state index in [0.717, 1.165) is 22.4 Å². The molecule has 0 saturated carbocycles. The molecule has 6 nitrogen and oxygen atoms in total. The molecule has 1 N–H and O–H groups in total. The molecule has 0 atom stereocenters. The third-order valence-corrected chi connectivity index (χ3v) is 6.32. The highest BCUT2D eigenvalue weighted by atomic mass is 32.2. The number of morpholine rings is 1. The molecular weight excluding hydrogens is 376 g/mol. The smallest absolute Gasteiger partial charge is 0.248 e. The van der Waals surface area contributed by atoms with Gasteiger partial charge >= 0.3 is 0 Å². The van der Waals surface area contributed by atoms with Crippen LogP contribution in [0.25, 0.3) is 6.08 Å². The Balaban J connectivity index is 1.65. The van der Waals surface area contributed by atoms with E-state index in [9.17, 15) is 13.2 Å². The highest BCUT2D eigenvalue weighted by Gasteiger charge is 2.25. The van der Waals surface area contributed by atoms with E-state index in [1.165, 1.54) is 10.4 Å². The third kappa shape index (κ3) is 5.07. The molecule has 0 aliphatic carbocycles. The summed E-state index contributed by atoms with van der Waals surface area (Å²) >= 11 is 0. The zero-order valence-electron chi connectivity index (χ0n) is 16.0. The quantitative estimate of drug-likeness (QED) is 0.783. The number of aryl methyl sites for hydroxylation is 2. The molecule has 3 rings (SSSR count). The number of carbonyl (C=O) groups is 1. The molecule has 7 heteroatoms. The predicted molar refractivity (Wildman–Crippen MR) is 110 cm³/mol. The van der Waals surface area contributed by atoms with Crippen molar-refractivity contribution >= 4 is 27.7 Å². The topological polar surface area (TPSA) is 75.7 Å². The molecule has 0 radical (unpaired) electrons. The van der Waals surface area contributed by atoms with E-state index >= 15 is 0 Å². The van der Waals surface area contributed by atoms with Crippen LogP contribution in [0.4, 0.5) is 5.69 Å². The Morgan fingerprint density at radius 2 is 1.64 bits per heavy atom. The van der Waals surface area contributed by atoms with Crippen LogP contribution >= 0.6 is 0 Å². The average Bonchev–Trinajstić information content (AvgIpc) is 2.66. The van der Waals surface area contributed by atoms with Crippen LogP contribution in [-0.2, 0) is 19.6 Å². The summed E-state index contributed by atoms with van der Waals surface area (Å²) in [4.78, 5) is 12.4. The van der Waals surface area contributed by atoms with Gasteiger partial charge in [0.1, 0.15) is 0 Å². The zero-order chi connectivity index (χ0) is 20.1. The minimum atomic E-state index is -3.51. The largest absolute Gasteiger partial charge is 0.379 e. The van der Waals surface area contributed by atoms with Gasteiger partial charge < -0.3 is 10.1 Å². The van der Waals surface area contributed by atoms with Gasteiger partial charge in [-0.15, -0.1) is 0 Å². The van der Waals surface area contributed by atoms with E-state index in [2.05, 4.69) is 5.32 Å². The van der Waals surface area contributed by atoms with Gasteiger partial charge in [-0.25, -0.2) is 8.42 Å². The number of hydrogen-bond acceptors (Lipinski definition) is 4. The third-order valence-electron chi connectivity index (χ3n) is 4.40. The molecule has 1 amide bonds. The van der Waals surface area contributed by atoms with E-state index in [1.54, 1.807) is 30.3 Å². The minimum absolute atomic E-state index is 0.241. The van der Waals surface area contributed by atoms with Crippen LogP contribution in [0.2, 0.25) is 0 Å². The Labute approximate surface area is 165 Å². The summed E-state index contributed by atoms with van der Waals surface area (Å²) in [7, 11) is -3.51. The molecule has 0 spiro atoms. The first-order valence-electron chi connectivity index (χ1n) is 9.10. The van der Waals surface area contributed by atoms with Crippen LogP contribution in [0.15, 0.2) is 53.4 Å². The Kier molecular flexibility index (Phi) is 6.28. The van der Waals surface area contributed by atoms with Crippen molar-refractivity contribution in [3.63, 3.8) is 0 Å². The highest BCUT2D eigenvalue weighted by Crippen LogP contribution is 2.18. The molecule has 2 aromatic carbocycles. The van der Waals surface area contributed by atoms with E-state index < -0.39 is 10.0 Å². The summed E-state index contributed by atoms with van der Waals surface area (Å²) in [6, 6.07) is 12.4. The summed E-state index contributed by atoms with van der Waals surface area (Å²) in [6.07, 6.45) is 3.09. The number of sulfonamides is 1. The van der Waals surface area contributed by atoms with Crippen molar-refractivity contribution in [2.45, 2.75) is 18.7 Å². The lowest BCUT2D eigenvalue weighted by Crippen LogP contribution is -2.40. The minimum Gasteiger partial charge on any atom is -0.379 e. The maximum Gasteiger partial charge on any atom is 0.248 e. The van der Waals surface area contributed by atoms with Gasteiger partial charge in [-0.2, -0.15) is 4.31 Å². The van der Waals surface area contributed by atoms with Crippen LogP contribution in [0.5, 0.6) is 0 Å². The van der Waals surface area contributed by atoms with E-state index in [0.29, 0.717) is 26.3 Å². The molecule has 1 aliphatic heterocycles. The number of nitrogens with one attached hydrogen (secondary N) is 1. The lowest BCUT2D eigenvalue weighted by Gasteiger charge is -2.26. The van der Waals surface area contributed by atoms with Crippen LogP contribution in [0, 0.1) is 13.8 Å². The maximum absolute atomic E-state index is 12.6. The van der Waals surface area contributed by atoms with Gasteiger partial charge in [0, 0.05) is 24.9 Å². The monoisotopic (exact) mass is 400 g/mol. The second-order valence-electron chi connectivity index (χ2n) is 6.78. The van der Waals surface area contributed by atoms with E-state index in [-0.39, 0.29) is 10.8 Å². The maximum atomic E-state index is 12.6. The Morgan fingerprint density at radius 3 is 2.25 bits per heavy atom. The second kappa shape index (κ2) is 8.68. The SMILES string of the molecule is Cc1cc(C)cc(NC(=O)/C=C/c2ccc(S(=O)(=O)N3CCOCC3)cc2)c1. The molecule has 28 heavy (non-hydrogen) atoms. The molecule has 1 aliphatic rings. The summed E-state index contributed by atoms with van der Waals surface area (Å²) in [5.74, 6) is -0.241. The first kappa shape index (κ1) is 20.3. The van der Waals surface area contributed by atoms with Crippen LogP contribution in [0.3, 0.4) is 0 Å². The second-order valence-corrected chi connectivity index (χ2v) is 8.72. The summed E-state index contributed by atoms with van der Waals surface area (Å²) < 4.78 is 31.9. The van der Waals surface area contributed by atoms with Crippen molar-refractivity contribution in [1.29, 1.82) is 0 Å². The van der Waals surface area contributed by atoms with Crippen molar-refractivity contribution < 1.29 is 17.9 Å². The number of benzene rings is 2. The first-order valence-corrected chi connectivity index (χ1v) is 10.5. The van der Waals surface area contributed by atoms with Gasteiger partial charge in [-0.3, -0.25) is 4.79 Å². The van der Waals surface area contributed by atoms with Gasteiger partial charge in [0.05, 0.1) is 18.1 Å². The van der Waals surface area contributed by atoms with Gasteiger partial charge in [-0.1, -0.05) is 18.2 Å². The number of anilines is 1. The Hall–Kier alpha value is -2.48. The molecule has 0 bridgehead atoms. The van der Waals surface area contributed by atoms with Gasteiger partial charge in [0.15, 0.2) is 0 Å². The van der Waals surface area contributed by atoms with Crippen molar-refractivity contribution in [3.8, 4) is 0 Å². The van der Waals surface area contributed by atoms with Gasteiger partial charge in [0.25, 0.3) is 0 Å². The van der Waals surface area contributed by atoms with E-state index in [1.807, 2.05) is 32.0 Å². The van der Waals surface area contributed by atoms with Gasteiger partial charge in [0.2, 0.25) is 15.9 Å². The van der Waals surface area contributed by atoms with Crippen LogP contribution < -0.4 is 5.32 Å². The molecule has 0 unspecified atom stereocenters. The number of carbonyl (C=O) groups excluding carboxylic acids is 1. The normalized spacial score (nSPS) is 15.6. The highest BCUT2D eigenvalue weighted by molar-refractivity contribution is 7.89. The summed E-state index contributed by atoms with van der Waals surface area (Å²) in [5, 5.41) is 2.83. The van der Waals surface area contributed by atoms with Gasteiger partial charge in [-0.05, 0) is 60.9 Å². The Morgan fingerprint density at radius 1 is 1.04 bits per heavy atom. The number of nitrogens with zero attached hydrogens (tertiary/aromatic N) is 1. The fourth-order valence-corrected chi connectivity index (χ4v) is 4.50. The molecule has 1 fully saturated rings. The van der Waals surface area contributed by atoms with Crippen LogP contribution in [0.1, 0.15) is 16.7 Å². The number of amides is 1. The summed E-state index contributed by atoms with van der Waals surface area (Å²) in [5.41, 5.74) is 3.66. The van der Waals surface area contributed by atoms with Crippen molar-refractivity contribution in [2.24, 2.45) is 0 Å².